The van der Waals surface area contributed by atoms with Crippen LogP contribution in [0.15, 0.2) is 71.6 Å². The second-order valence-corrected chi connectivity index (χ2v) is 7.78. The molecule has 2 heterocycles. The van der Waals surface area contributed by atoms with Crippen molar-refractivity contribution >= 4 is 46.1 Å². The monoisotopic (exact) mass is 425 g/mol. The Bertz CT molecular complexity index is 1120. The number of Topliss-reactive ketones (excluding diaryl/α,β-unsaturated/α-hetero) is 1. The molecule has 1 aliphatic rings. The van der Waals surface area contributed by atoms with Gasteiger partial charge in [-0.15, -0.1) is 11.3 Å². The number of ketones is 1. The highest BCUT2D eigenvalue weighted by Gasteiger charge is 2.47. The van der Waals surface area contributed by atoms with Crippen molar-refractivity contribution in [1.29, 1.82) is 0 Å². The summed E-state index contributed by atoms with van der Waals surface area (Å²) < 4.78 is 5.32. The third kappa shape index (κ3) is 3.30. The van der Waals surface area contributed by atoms with Gasteiger partial charge < -0.3 is 9.84 Å². The molecule has 2 aromatic carbocycles. The first-order chi connectivity index (χ1) is 14.0. The zero-order chi connectivity index (χ0) is 20.5. The third-order valence-corrected chi connectivity index (χ3v) is 5.87. The summed E-state index contributed by atoms with van der Waals surface area (Å²) in [5.41, 5.74) is 0.847. The van der Waals surface area contributed by atoms with E-state index in [1.165, 1.54) is 23.3 Å². The summed E-state index contributed by atoms with van der Waals surface area (Å²) >= 11 is 7.51. The molecule has 5 nitrogen and oxygen atoms in total. The topological polar surface area (TPSA) is 66.8 Å². The van der Waals surface area contributed by atoms with Gasteiger partial charge >= 0.3 is 0 Å². The Hall–Kier alpha value is -3.09. The molecule has 0 aliphatic carbocycles. The van der Waals surface area contributed by atoms with E-state index in [1.807, 2.05) is 17.5 Å². The Kier molecular flexibility index (Phi) is 5.13. The van der Waals surface area contributed by atoms with Crippen molar-refractivity contribution in [3.63, 3.8) is 0 Å². The number of hydrogen-bond acceptors (Lipinski definition) is 5. The van der Waals surface area contributed by atoms with E-state index in [2.05, 4.69) is 0 Å². The number of para-hydroxylation sites is 1. The summed E-state index contributed by atoms with van der Waals surface area (Å²) in [6, 6.07) is 16.4. The molecule has 1 aliphatic heterocycles. The highest BCUT2D eigenvalue weighted by atomic mass is 35.5. The summed E-state index contributed by atoms with van der Waals surface area (Å²) in [6.07, 6.45) is 0. The maximum absolute atomic E-state index is 13.0. The van der Waals surface area contributed by atoms with Crippen molar-refractivity contribution in [1.82, 2.24) is 0 Å². The fraction of sp³-hybridized carbons (Fsp3) is 0.0909. The number of hydrogen-bond donors (Lipinski definition) is 1. The number of ether oxygens (including phenoxy) is 1. The molecule has 0 saturated carbocycles. The lowest BCUT2D eigenvalue weighted by atomic mass is 9.99. The normalized spacial score (nSPS) is 18.3. The second kappa shape index (κ2) is 7.73. The van der Waals surface area contributed by atoms with Crippen LogP contribution >= 0.6 is 22.9 Å². The van der Waals surface area contributed by atoms with Gasteiger partial charge in [-0.25, -0.2) is 0 Å². The fourth-order valence-electron chi connectivity index (χ4n) is 3.43. The van der Waals surface area contributed by atoms with E-state index in [4.69, 9.17) is 16.3 Å². The number of aliphatic hydroxyl groups excluding tert-OH is 1. The van der Waals surface area contributed by atoms with Crippen LogP contribution in [0.25, 0.3) is 5.76 Å². The molecule has 0 spiro atoms. The second-order valence-electron chi connectivity index (χ2n) is 6.36. The van der Waals surface area contributed by atoms with E-state index in [9.17, 15) is 14.7 Å². The van der Waals surface area contributed by atoms with Gasteiger partial charge in [-0.05, 0) is 41.8 Å². The minimum absolute atomic E-state index is 0.0157. The molecule has 0 radical (unpaired) electrons. The molecular formula is C22H16ClNO4S. The Morgan fingerprint density at radius 3 is 2.59 bits per heavy atom. The van der Waals surface area contributed by atoms with Gasteiger partial charge in [0, 0.05) is 15.6 Å². The summed E-state index contributed by atoms with van der Waals surface area (Å²) in [5.74, 6) is -1.35. The lowest BCUT2D eigenvalue weighted by molar-refractivity contribution is -0.132. The van der Waals surface area contributed by atoms with E-state index < -0.39 is 17.7 Å². The van der Waals surface area contributed by atoms with Gasteiger partial charge in [-0.3, -0.25) is 14.5 Å². The van der Waals surface area contributed by atoms with Crippen molar-refractivity contribution < 1.29 is 19.4 Å². The average molecular weight is 426 g/mol. The van der Waals surface area contributed by atoms with Gasteiger partial charge in [-0.2, -0.15) is 0 Å². The lowest BCUT2D eigenvalue weighted by Gasteiger charge is -2.24. The molecule has 1 unspecified atom stereocenters. The highest BCUT2D eigenvalue weighted by Crippen LogP contribution is 2.44. The number of anilines is 1. The van der Waals surface area contributed by atoms with Gasteiger partial charge in [-0.1, -0.05) is 35.9 Å². The van der Waals surface area contributed by atoms with E-state index in [-0.39, 0.29) is 11.3 Å². The van der Waals surface area contributed by atoms with Crippen LogP contribution < -0.4 is 9.64 Å². The standard InChI is InChI=1S/C22H16ClNO4S/c1-28-16-9-3-2-8-15(16)20(25)18-19(17-10-5-11-29-17)24(22(27)21(18)26)14-7-4-6-13(23)12-14/h2-12,19,25H,1H3/b20-18-. The van der Waals surface area contributed by atoms with Crippen LogP contribution in [0, 0.1) is 0 Å². The predicted octanol–water partition coefficient (Wildman–Crippen LogP) is 5.04. The number of carbonyl (C=O) groups excluding carboxylic acids is 2. The fourth-order valence-corrected chi connectivity index (χ4v) is 4.43. The van der Waals surface area contributed by atoms with Crippen molar-refractivity contribution in [2.45, 2.75) is 6.04 Å². The first-order valence-corrected chi connectivity index (χ1v) is 10.0. The van der Waals surface area contributed by atoms with Crippen LogP contribution in [0.2, 0.25) is 5.02 Å². The minimum atomic E-state index is -0.765. The first-order valence-electron chi connectivity index (χ1n) is 8.76. The quantitative estimate of drug-likeness (QED) is 0.361. The van der Waals surface area contributed by atoms with Crippen LogP contribution in [0.1, 0.15) is 16.5 Å². The Morgan fingerprint density at radius 2 is 1.90 bits per heavy atom. The predicted molar refractivity (Wildman–Crippen MR) is 114 cm³/mol. The highest BCUT2D eigenvalue weighted by molar-refractivity contribution is 7.10. The van der Waals surface area contributed by atoms with Crippen molar-refractivity contribution in [2.75, 3.05) is 12.0 Å². The van der Waals surface area contributed by atoms with Crippen LogP contribution in [-0.2, 0) is 9.59 Å². The molecular weight excluding hydrogens is 410 g/mol. The van der Waals surface area contributed by atoms with Crippen molar-refractivity contribution in [3.8, 4) is 5.75 Å². The molecule has 1 saturated heterocycles. The largest absolute Gasteiger partial charge is 0.507 e. The van der Waals surface area contributed by atoms with Crippen LogP contribution in [-0.4, -0.2) is 23.9 Å². The number of nitrogens with zero attached hydrogens (tertiary/aromatic N) is 1. The summed E-state index contributed by atoms with van der Waals surface area (Å²) in [4.78, 5) is 28.1. The van der Waals surface area contributed by atoms with Crippen molar-refractivity contribution in [2.24, 2.45) is 0 Å². The van der Waals surface area contributed by atoms with E-state index in [1.54, 1.807) is 48.5 Å². The number of methoxy groups -OCH3 is 1. The molecule has 4 rings (SSSR count). The molecule has 29 heavy (non-hydrogen) atoms. The maximum atomic E-state index is 13.0. The van der Waals surface area contributed by atoms with Crippen LogP contribution in [0.4, 0.5) is 5.69 Å². The molecule has 7 heteroatoms. The number of aliphatic hydroxyl groups is 1. The molecule has 0 bridgehead atoms. The zero-order valence-corrected chi connectivity index (χ0v) is 16.9. The van der Waals surface area contributed by atoms with E-state index >= 15 is 0 Å². The van der Waals surface area contributed by atoms with Crippen LogP contribution in [0.3, 0.4) is 0 Å². The van der Waals surface area contributed by atoms with Crippen molar-refractivity contribution in [3.05, 3.63) is 87.1 Å². The molecule has 1 fully saturated rings. The molecule has 1 atom stereocenters. The number of thiophene rings is 1. The van der Waals surface area contributed by atoms with Crippen LogP contribution in [0.5, 0.6) is 5.75 Å². The van der Waals surface area contributed by atoms with Gasteiger partial charge in [0.2, 0.25) is 0 Å². The number of rotatable bonds is 4. The first kappa shape index (κ1) is 19.2. The molecule has 146 valence electrons. The smallest absolute Gasteiger partial charge is 0.300 e. The van der Waals surface area contributed by atoms with Gasteiger partial charge in [0.1, 0.15) is 17.6 Å². The number of benzene rings is 2. The molecule has 1 N–H and O–H groups in total. The van der Waals surface area contributed by atoms with Gasteiger partial charge in [0.15, 0.2) is 0 Å². The molecule has 1 aromatic heterocycles. The Labute approximate surface area is 176 Å². The maximum Gasteiger partial charge on any atom is 0.300 e. The minimum Gasteiger partial charge on any atom is -0.507 e. The number of amides is 1. The van der Waals surface area contributed by atoms with E-state index in [0.717, 1.165) is 4.88 Å². The lowest BCUT2D eigenvalue weighted by Crippen LogP contribution is -2.29. The number of halogens is 1. The third-order valence-electron chi connectivity index (χ3n) is 4.71. The summed E-state index contributed by atoms with van der Waals surface area (Å²) in [5, 5.41) is 13.4. The summed E-state index contributed by atoms with van der Waals surface area (Å²) in [6.45, 7) is 0. The average Bonchev–Trinajstić information content (AvgIpc) is 3.34. The van der Waals surface area contributed by atoms with Gasteiger partial charge in [0.05, 0.1) is 18.2 Å². The van der Waals surface area contributed by atoms with Gasteiger partial charge in [0.25, 0.3) is 11.7 Å². The Morgan fingerprint density at radius 1 is 1.10 bits per heavy atom. The Balaban J connectivity index is 1.96. The zero-order valence-electron chi connectivity index (χ0n) is 15.3. The SMILES string of the molecule is COc1ccccc1/C(O)=C1/C(=O)C(=O)N(c2cccc(Cl)c2)C1c1cccs1. The summed E-state index contributed by atoms with van der Waals surface area (Å²) in [7, 11) is 1.48. The van der Waals surface area contributed by atoms with E-state index in [0.29, 0.717) is 22.0 Å². The number of carbonyl (C=O) groups is 2. The molecule has 3 aromatic rings. The molecule has 1 amide bonds.